The van der Waals surface area contributed by atoms with Gasteiger partial charge in [-0.25, -0.2) is 4.79 Å². The molecule has 25 heavy (non-hydrogen) atoms. The van der Waals surface area contributed by atoms with Gasteiger partial charge in [-0.05, 0) is 18.9 Å². The Kier molecular flexibility index (Phi) is 5.13. The van der Waals surface area contributed by atoms with Crippen LogP contribution in [0, 0.1) is 10.1 Å². The highest BCUT2D eigenvalue weighted by Gasteiger charge is 2.31. The van der Waals surface area contributed by atoms with Gasteiger partial charge in [-0.1, -0.05) is 12.1 Å². The Morgan fingerprint density at radius 2 is 1.84 bits per heavy atom. The number of hydrogen-bond donors (Lipinski definition) is 1. The molecule has 1 N–H and O–H groups in total. The van der Waals surface area contributed by atoms with Crippen LogP contribution in [-0.4, -0.2) is 65.6 Å². The smallest absolute Gasteiger partial charge is 0.322 e. The average Bonchev–Trinajstić information content (AvgIpc) is 3.16. The number of urea groups is 1. The van der Waals surface area contributed by atoms with Crippen LogP contribution >= 0.6 is 0 Å². The molecule has 2 saturated heterocycles. The fourth-order valence-electron chi connectivity index (χ4n) is 3.04. The number of carbonyl (C=O) groups excluding carboxylic acids is 2. The zero-order valence-electron chi connectivity index (χ0n) is 13.7. The van der Waals surface area contributed by atoms with Crippen LogP contribution in [0.4, 0.5) is 16.2 Å². The lowest BCUT2D eigenvalue weighted by molar-refractivity contribution is -0.383. The molecule has 1 aromatic rings. The van der Waals surface area contributed by atoms with Gasteiger partial charge in [0, 0.05) is 38.9 Å². The first-order valence-corrected chi connectivity index (χ1v) is 8.26. The minimum absolute atomic E-state index is 0.0174. The number of nitro benzene ring substituents is 1. The molecule has 2 fully saturated rings. The van der Waals surface area contributed by atoms with Crippen molar-refractivity contribution in [2.45, 2.75) is 18.9 Å². The molecule has 1 aromatic carbocycles. The summed E-state index contributed by atoms with van der Waals surface area (Å²) >= 11 is 0. The number of nitrogens with one attached hydrogen (secondary N) is 1. The second-order valence-electron chi connectivity index (χ2n) is 6.02. The normalized spacial score (nSPS) is 20.4. The lowest BCUT2D eigenvalue weighted by atomic mass is 10.2. The zero-order valence-corrected chi connectivity index (χ0v) is 13.7. The Hall–Kier alpha value is -2.68. The summed E-state index contributed by atoms with van der Waals surface area (Å²) in [5.41, 5.74) is 0.0124. The van der Waals surface area contributed by atoms with E-state index in [1.807, 2.05) is 0 Å². The van der Waals surface area contributed by atoms with Crippen LogP contribution in [0.2, 0.25) is 0 Å². The molecule has 9 nitrogen and oxygen atoms in total. The number of nitrogens with zero attached hydrogens (tertiary/aromatic N) is 3. The highest BCUT2D eigenvalue weighted by atomic mass is 16.6. The van der Waals surface area contributed by atoms with E-state index in [-0.39, 0.29) is 23.4 Å². The number of piperazine rings is 1. The van der Waals surface area contributed by atoms with Gasteiger partial charge in [0.1, 0.15) is 11.8 Å². The fraction of sp³-hybridized carbons (Fsp3) is 0.500. The molecule has 0 radical (unpaired) electrons. The maximum absolute atomic E-state index is 12.3. The van der Waals surface area contributed by atoms with E-state index in [1.54, 1.807) is 21.9 Å². The monoisotopic (exact) mass is 348 g/mol. The molecule has 3 rings (SSSR count). The third kappa shape index (κ3) is 3.87. The van der Waals surface area contributed by atoms with Gasteiger partial charge in [-0.2, -0.15) is 0 Å². The van der Waals surface area contributed by atoms with Gasteiger partial charge >= 0.3 is 6.03 Å². The molecule has 134 valence electrons. The Labute approximate surface area is 144 Å². The van der Waals surface area contributed by atoms with Crippen LogP contribution in [0.25, 0.3) is 0 Å². The molecule has 1 atom stereocenters. The third-order valence-corrected chi connectivity index (χ3v) is 4.43. The van der Waals surface area contributed by atoms with Gasteiger partial charge in [0.05, 0.1) is 4.92 Å². The van der Waals surface area contributed by atoms with Gasteiger partial charge in [0.25, 0.3) is 11.6 Å². The molecule has 0 aromatic heterocycles. The van der Waals surface area contributed by atoms with Crippen molar-refractivity contribution in [3.63, 3.8) is 0 Å². The molecule has 0 aliphatic carbocycles. The summed E-state index contributed by atoms with van der Waals surface area (Å²) in [4.78, 5) is 38.4. The second kappa shape index (κ2) is 7.47. The number of hydrogen-bond acceptors (Lipinski definition) is 5. The largest absolute Gasteiger partial charge is 0.368 e. The van der Waals surface area contributed by atoms with E-state index in [0.717, 1.165) is 12.8 Å². The predicted molar refractivity (Wildman–Crippen MR) is 89.2 cm³/mol. The van der Waals surface area contributed by atoms with Crippen LogP contribution in [0.3, 0.4) is 0 Å². The Morgan fingerprint density at radius 3 is 2.48 bits per heavy atom. The van der Waals surface area contributed by atoms with Crippen molar-refractivity contribution >= 4 is 23.3 Å². The first-order valence-electron chi connectivity index (χ1n) is 8.26. The van der Waals surface area contributed by atoms with Gasteiger partial charge in [-0.15, -0.1) is 0 Å². The predicted octanol–water partition coefficient (Wildman–Crippen LogP) is 1.45. The van der Waals surface area contributed by atoms with Gasteiger partial charge in [0.2, 0.25) is 0 Å². The fourth-order valence-corrected chi connectivity index (χ4v) is 3.04. The molecule has 2 aliphatic heterocycles. The van der Waals surface area contributed by atoms with Crippen LogP contribution in [0.1, 0.15) is 12.8 Å². The molecule has 0 unspecified atom stereocenters. The maximum Gasteiger partial charge on any atom is 0.322 e. The summed E-state index contributed by atoms with van der Waals surface area (Å²) in [6, 6.07) is 5.60. The molecule has 9 heteroatoms. The Morgan fingerprint density at radius 1 is 1.16 bits per heavy atom. The van der Waals surface area contributed by atoms with Crippen LogP contribution in [0.15, 0.2) is 24.3 Å². The van der Waals surface area contributed by atoms with Crippen molar-refractivity contribution in [3.05, 3.63) is 34.4 Å². The summed E-state index contributed by atoms with van der Waals surface area (Å²) in [7, 11) is 0. The number of benzene rings is 1. The molecule has 3 amide bonds. The van der Waals surface area contributed by atoms with E-state index in [0.29, 0.717) is 32.8 Å². The maximum atomic E-state index is 12.3. The summed E-state index contributed by atoms with van der Waals surface area (Å²) < 4.78 is 5.41. The van der Waals surface area contributed by atoms with Crippen molar-refractivity contribution in [2.75, 3.05) is 38.1 Å². The lowest BCUT2D eigenvalue weighted by Crippen LogP contribution is -2.53. The Bertz CT molecular complexity index is 666. The summed E-state index contributed by atoms with van der Waals surface area (Å²) in [6.45, 7) is 2.25. The second-order valence-corrected chi connectivity index (χ2v) is 6.02. The van der Waals surface area contributed by atoms with E-state index >= 15 is 0 Å². The van der Waals surface area contributed by atoms with Crippen LogP contribution in [0.5, 0.6) is 0 Å². The SMILES string of the molecule is O=C(Nc1ccccc1[N+](=O)[O-])N1CCN(C(=O)[C@@H]2CCCO2)CC1. The summed E-state index contributed by atoms with van der Waals surface area (Å²) in [6.07, 6.45) is 1.29. The minimum Gasteiger partial charge on any atom is -0.368 e. The average molecular weight is 348 g/mol. The quantitative estimate of drug-likeness (QED) is 0.657. The van der Waals surface area contributed by atoms with Crippen molar-refractivity contribution in [1.29, 1.82) is 0 Å². The molecular weight excluding hydrogens is 328 g/mol. The van der Waals surface area contributed by atoms with E-state index in [9.17, 15) is 19.7 Å². The molecule has 2 heterocycles. The topological polar surface area (TPSA) is 105 Å². The van der Waals surface area contributed by atoms with E-state index in [1.165, 1.54) is 12.1 Å². The number of nitro groups is 1. The first-order chi connectivity index (χ1) is 12.1. The van der Waals surface area contributed by atoms with Crippen LogP contribution < -0.4 is 5.32 Å². The molecule has 0 spiro atoms. The lowest BCUT2D eigenvalue weighted by Gasteiger charge is -2.35. The zero-order chi connectivity index (χ0) is 17.8. The molecule has 2 aliphatic rings. The summed E-state index contributed by atoms with van der Waals surface area (Å²) in [5.74, 6) is -0.0174. The number of carbonyl (C=O) groups is 2. The number of amides is 3. The standard InChI is InChI=1S/C16H20N4O5/c21-15(14-6-3-11-25-14)18-7-9-19(10-8-18)16(22)17-12-4-1-2-5-13(12)20(23)24/h1-2,4-5,14H,3,6-11H2,(H,17,22)/t14-/m0/s1. The van der Waals surface area contributed by atoms with Gasteiger partial charge < -0.3 is 19.9 Å². The number of para-hydroxylation sites is 2. The van der Waals surface area contributed by atoms with Gasteiger partial charge in [0.15, 0.2) is 0 Å². The van der Waals surface area contributed by atoms with Crippen LogP contribution in [-0.2, 0) is 9.53 Å². The highest BCUT2D eigenvalue weighted by Crippen LogP contribution is 2.23. The number of anilines is 1. The minimum atomic E-state index is -0.534. The van der Waals surface area contributed by atoms with E-state index in [4.69, 9.17) is 4.74 Å². The first kappa shape index (κ1) is 17.2. The third-order valence-electron chi connectivity index (χ3n) is 4.43. The molecule has 0 bridgehead atoms. The van der Waals surface area contributed by atoms with Crippen molar-refractivity contribution in [3.8, 4) is 0 Å². The highest BCUT2D eigenvalue weighted by molar-refractivity contribution is 5.92. The number of ether oxygens (including phenoxy) is 1. The van der Waals surface area contributed by atoms with Gasteiger partial charge in [-0.3, -0.25) is 14.9 Å². The van der Waals surface area contributed by atoms with Crippen molar-refractivity contribution < 1.29 is 19.2 Å². The number of rotatable bonds is 3. The Balaban J connectivity index is 1.55. The van der Waals surface area contributed by atoms with E-state index < -0.39 is 11.0 Å². The van der Waals surface area contributed by atoms with E-state index in [2.05, 4.69) is 5.32 Å². The van der Waals surface area contributed by atoms with Crippen molar-refractivity contribution in [1.82, 2.24) is 9.80 Å². The molecular formula is C16H20N4O5. The van der Waals surface area contributed by atoms with Crippen molar-refractivity contribution in [2.24, 2.45) is 0 Å². The molecule has 0 saturated carbocycles. The summed E-state index contributed by atoms with van der Waals surface area (Å²) in [5, 5.41) is 13.6.